The monoisotopic (exact) mass is 202 g/mol. The average Bonchev–Trinajstić information content (AvgIpc) is 2.70. The minimum Gasteiger partial charge on any atom is -0.381 e. The van der Waals surface area contributed by atoms with Crippen molar-refractivity contribution < 1.29 is 9.47 Å². The smallest absolute Gasteiger partial charge is 0.0591 e. The van der Waals surface area contributed by atoms with Crippen molar-refractivity contribution in [2.24, 2.45) is 11.7 Å². The largest absolute Gasteiger partial charge is 0.381 e. The number of hydrogen-bond donors (Lipinski definition) is 2. The number of rotatable bonds is 7. The van der Waals surface area contributed by atoms with Gasteiger partial charge in [0.2, 0.25) is 0 Å². The van der Waals surface area contributed by atoms with Crippen LogP contribution in [-0.2, 0) is 9.47 Å². The van der Waals surface area contributed by atoms with Gasteiger partial charge in [-0.05, 0) is 19.3 Å². The zero-order valence-corrected chi connectivity index (χ0v) is 9.00. The molecule has 0 spiro atoms. The Morgan fingerprint density at radius 2 is 2.43 bits per heavy atom. The number of nitrogens with two attached hydrogens (primary N) is 1. The molecule has 84 valence electrons. The van der Waals surface area contributed by atoms with Gasteiger partial charge < -0.3 is 20.5 Å². The predicted octanol–water partition coefficient (Wildman–Crippen LogP) is -0.0237. The fourth-order valence-corrected chi connectivity index (χ4v) is 1.66. The fourth-order valence-electron chi connectivity index (χ4n) is 1.66. The van der Waals surface area contributed by atoms with Crippen molar-refractivity contribution in [1.82, 2.24) is 5.32 Å². The van der Waals surface area contributed by atoms with Crippen LogP contribution in [0.2, 0.25) is 0 Å². The highest BCUT2D eigenvalue weighted by molar-refractivity contribution is 4.75. The quantitative estimate of drug-likeness (QED) is 0.570. The van der Waals surface area contributed by atoms with Gasteiger partial charge in [-0.3, -0.25) is 0 Å². The van der Waals surface area contributed by atoms with E-state index in [1.165, 1.54) is 6.42 Å². The summed E-state index contributed by atoms with van der Waals surface area (Å²) in [6, 6.07) is 0.527. The van der Waals surface area contributed by atoms with Crippen LogP contribution in [0.4, 0.5) is 0 Å². The second kappa shape index (κ2) is 7.17. The molecular weight excluding hydrogens is 180 g/mol. The van der Waals surface area contributed by atoms with Gasteiger partial charge in [0.15, 0.2) is 0 Å². The second-order valence-electron chi connectivity index (χ2n) is 3.77. The molecule has 2 atom stereocenters. The van der Waals surface area contributed by atoms with Crippen LogP contribution in [0.1, 0.15) is 13.3 Å². The van der Waals surface area contributed by atoms with Crippen molar-refractivity contribution in [1.29, 1.82) is 0 Å². The molecule has 3 N–H and O–H groups in total. The molecule has 1 rings (SSSR count). The average molecular weight is 202 g/mol. The van der Waals surface area contributed by atoms with Crippen LogP contribution in [0.3, 0.4) is 0 Å². The van der Waals surface area contributed by atoms with E-state index in [1.807, 2.05) is 0 Å². The van der Waals surface area contributed by atoms with E-state index in [0.29, 0.717) is 25.1 Å². The lowest BCUT2D eigenvalue weighted by atomic mass is 10.0. The van der Waals surface area contributed by atoms with E-state index in [4.69, 9.17) is 15.2 Å². The molecule has 0 aliphatic carbocycles. The Labute approximate surface area is 86.1 Å². The third-order valence-electron chi connectivity index (χ3n) is 2.65. The molecule has 0 amide bonds. The summed E-state index contributed by atoms with van der Waals surface area (Å²) in [6.45, 7) is 6.93. The molecule has 2 unspecified atom stereocenters. The van der Waals surface area contributed by atoms with Gasteiger partial charge in [-0.25, -0.2) is 0 Å². The van der Waals surface area contributed by atoms with Crippen molar-refractivity contribution >= 4 is 0 Å². The molecule has 4 nitrogen and oxygen atoms in total. The summed E-state index contributed by atoms with van der Waals surface area (Å²) < 4.78 is 10.6. The van der Waals surface area contributed by atoms with Gasteiger partial charge >= 0.3 is 0 Å². The molecule has 0 radical (unpaired) electrons. The second-order valence-corrected chi connectivity index (χ2v) is 3.77. The Morgan fingerprint density at radius 3 is 3.07 bits per heavy atom. The number of ether oxygens (including phenoxy) is 2. The minimum atomic E-state index is 0.527. The van der Waals surface area contributed by atoms with E-state index in [1.54, 1.807) is 0 Å². The van der Waals surface area contributed by atoms with E-state index >= 15 is 0 Å². The molecule has 0 saturated carbocycles. The molecule has 1 heterocycles. The molecule has 0 aromatic heterocycles. The Balaban J connectivity index is 1.94. The van der Waals surface area contributed by atoms with E-state index in [0.717, 1.165) is 26.4 Å². The van der Waals surface area contributed by atoms with Crippen molar-refractivity contribution in [3.8, 4) is 0 Å². The van der Waals surface area contributed by atoms with Gasteiger partial charge in [-0.15, -0.1) is 0 Å². The number of nitrogens with one attached hydrogen (secondary N) is 1. The highest BCUT2D eigenvalue weighted by Gasteiger charge is 2.21. The first-order valence-corrected chi connectivity index (χ1v) is 5.43. The molecule has 0 aromatic carbocycles. The summed E-state index contributed by atoms with van der Waals surface area (Å²) in [7, 11) is 0. The van der Waals surface area contributed by atoms with E-state index in [9.17, 15) is 0 Å². The van der Waals surface area contributed by atoms with Gasteiger partial charge in [0.05, 0.1) is 19.8 Å². The van der Waals surface area contributed by atoms with Gasteiger partial charge in [0.1, 0.15) is 0 Å². The summed E-state index contributed by atoms with van der Waals surface area (Å²) in [5, 5.41) is 3.44. The normalized spacial score (nSPS) is 24.0. The fraction of sp³-hybridized carbons (Fsp3) is 1.00. The lowest BCUT2D eigenvalue weighted by Crippen LogP contribution is -2.36. The topological polar surface area (TPSA) is 56.5 Å². The Hall–Kier alpha value is -0.160. The van der Waals surface area contributed by atoms with Gasteiger partial charge in [0.25, 0.3) is 0 Å². The Bertz CT molecular complexity index is 138. The van der Waals surface area contributed by atoms with Crippen LogP contribution in [-0.4, -0.2) is 45.6 Å². The maximum absolute atomic E-state index is 5.34. The van der Waals surface area contributed by atoms with E-state index in [-0.39, 0.29) is 0 Å². The SMILES string of the molecule is CC(NCCOCCN)C1CCOC1. The third-order valence-corrected chi connectivity index (χ3v) is 2.65. The molecule has 1 aliphatic rings. The zero-order chi connectivity index (χ0) is 10.2. The van der Waals surface area contributed by atoms with Crippen LogP contribution in [0.15, 0.2) is 0 Å². The van der Waals surface area contributed by atoms with E-state index in [2.05, 4.69) is 12.2 Å². The van der Waals surface area contributed by atoms with Crippen LogP contribution in [0, 0.1) is 5.92 Å². The maximum Gasteiger partial charge on any atom is 0.0591 e. The van der Waals surface area contributed by atoms with Gasteiger partial charge in [0, 0.05) is 25.7 Å². The first-order chi connectivity index (χ1) is 6.84. The molecule has 0 aromatic rings. The van der Waals surface area contributed by atoms with Gasteiger partial charge in [-0.1, -0.05) is 0 Å². The molecule has 1 fully saturated rings. The summed E-state index contributed by atoms with van der Waals surface area (Å²) in [5.41, 5.74) is 5.31. The summed E-state index contributed by atoms with van der Waals surface area (Å²) in [5.74, 6) is 0.671. The standard InChI is InChI=1S/C10H22N2O2/c1-9(10-2-5-14-8-10)12-4-7-13-6-3-11/h9-10,12H,2-8,11H2,1H3. The minimum absolute atomic E-state index is 0.527. The Morgan fingerprint density at radius 1 is 1.57 bits per heavy atom. The van der Waals surface area contributed by atoms with Crippen molar-refractivity contribution in [2.45, 2.75) is 19.4 Å². The summed E-state index contributed by atoms with van der Waals surface area (Å²) in [4.78, 5) is 0. The molecule has 0 bridgehead atoms. The first-order valence-electron chi connectivity index (χ1n) is 5.43. The third kappa shape index (κ3) is 4.37. The molecule has 14 heavy (non-hydrogen) atoms. The Kier molecular flexibility index (Phi) is 6.10. The van der Waals surface area contributed by atoms with Crippen molar-refractivity contribution in [3.05, 3.63) is 0 Å². The molecular formula is C10H22N2O2. The van der Waals surface area contributed by atoms with Crippen molar-refractivity contribution in [2.75, 3.05) is 39.5 Å². The zero-order valence-electron chi connectivity index (χ0n) is 9.00. The summed E-state index contributed by atoms with van der Waals surface area (Å²) in [6.07, 6.45) is 1.18. The highest BCUT2D eigenvalue weighted by Crippen LogP contribution is 2.15. The van der Waals surface area contributed by atoms with Crippen LogP contribution < -0.4 is 11.1 Å². The number of hydrogen-bond acceptors (Lipinski definition) is 4. The summed E-state index contributed by atoms with van der Waals surface area (Å²) >= 11 is 0. The predicted molar refractivity (Wildman–Crippen MR) is 56.3 cm³/mol. The lowest BCUT2D eigenvalue weighted by Gasteiger charge is -2.19. The van der Waals surface area contributed by atoms with Crippen LogP contribution in [0.5, 0.6) is 0 Å². The van der Waals surface area contributed by atoms with Crippen molar-refractivity contribution in [3.63, 3.8) is 0 Å². The highest BCUT2D eigenvalue weighted by atomic mass is 16.5. The van der Waals surface area contributed by atoms with E-state index < -0.39 is 0 Å². The maximum atomic E-state index is 5.34. The van der Waals surface area contributed by atoms with Crippen LogP contribution >= 0.6 is 0 Å². The van der Waals surface area contributed by atoms with Crippen LogP contribution in [0.25, 0.3) is 0 Å². The molecule has 1 aliphatic heterocycles. The first kappa shape index (κ1) is 11.9. The molecule has 1 saturated heterocycles. The molecule has 4 heteroatoms. The van der Waals surface area contributed by atoms with Gasteiger partial charge in [-0.2, -0.15) is 0 Å². The lowest BCUT2D eigenvalue weighted by molar-refractivity contribution is 0.136.